The number of halogens is 1. The zero-order valence-corrected chi connectivity index (χ0v) is 42.8. The summed E-state index contributed by atoms with van der Waals surface area (Å²) in [6, 6.07) is 14.4. The van der Waals surface area contributed by atoms with Crippen LogP contribution < -0.4 is 36.0 Å². The van der Waals surface area contributed by atoms with Crippen molar-refractivity contribution in [3.8, 4) is 11.3 Å². The van der Waals surface area contributed by atoms with Crippen LogP contribution in [0.2, 0.25) is 0 Å². The van der Waals surface area contributed by atoms with Gasteiger partial charge in [-0.2, -0.15) is 0 Å². The van der Waals surface area contributed by atoms with Gasteiger partial charge in [0.2, 0.25) is 5.91 Å². The summed E-state index contributed by atoms with van der Waals surface area (Å²) >= 11 is 0. The van der Waals surface area contributed by atoms with E-state index in [1.165, 1.54) is 28.0 Å². The molecule has 3 aliphatic heterocycles. The minimum atomic E-state index is -4.64. The van der Waals surface area contributed by atoms with E-state index in [0.717, 1.165) is 50.1 Å². The summed E-state index contributed by atoms with van der Waals surface area (Å²) in [6.07, 6.45) is 7.91. The van der Waals surface area contributed by atoms with Crippen molar-refractivity contribution in [1.29, 1.82) is 0 Å². The average molecular weight is 1010 g/mol. The molecule has 3 aromatic heterocycles. The zero-order chi connectivity index (χ0) is 51.6. The molecule has 0 radical (unpaired) electrons. The highest BCUT2D eigenvalue weighted by Gasteiger charge is 2.39. The minimum absolute atomic E-state index is 0.0122. The highest BCUT2D eigenvalue weighted by Crippen LogP contribution is 2.42. The average Bonchev–Trinajstić information content (AvgIpc) is 3.81. The van der Waals surface area contributed by atoms with Gasteiger partial charge < -0.3 is 44.5 Å². The number of fused-ring (bicyclic) bond motifs is 3. The first-order chi connectivity index (χ1) is 34.0. The lowest BCUT2D eigenvalue weighted by Gasteiger charge is -2.48. The summed E-state index contributed by atoms with van der Waals surface area (Å²) in [5, 5.41) is 19.3. The number of hydrogen-bond donors (Lipinski definition) is 6. The second-order valence-electron chi connectivity index (χ2n) is 21.1. The fourth-order valence-corrected chi connectivity index (χ4v) is 12.3. The van der Waals surface area contributed by atoms with Crippen LogP contribution in [-0.2, 0) is 47.9 Å². The molecule has 72 heavy (non-hydrogen) atoms. The van der Waals surface area contributed by atoms with Crippen LogP contribution in [0, 0.1) is 11.2 Å². The van der Waals surface area contributed by atoms with Gasteiger partial charge in [0, 0.05) is 111 Å². The van der Waals surface area contributed by atoms with Crippen molar-refractivity contribution < 1.29 is 33.4 Å². The van der Waals surface area contributed by atoms with Gasteiger partial charge in [-0.05, 0) is 119 Å². The van der Waals surface area contributed by atoms with Crippen molar-refractivity contribution in [3.05, 3.63) is 118 Å². The van der Waals surface area contributed by atoms with Gasteiger partial charge >= 0.3 is 7.75 Å². The highest BCUT2D eigenvalue weighted by molar-refractivity contribution is 7.49. The molecule has 5 aromatic rings. The van der Waals surface area contributed by atoms with Gasteiger partial charge in [-0.1, -0.05) is 20.4 Å². The molecule has 2 fully saturated rings. The molecule has 2 aromatic carbocycles. The fourth-order valence-electron chi connectivity index (χ4n) is 11.5. The molecule has 18 nitrogen and oxygen atoms in total. The molecule has 6 N–H and O–H groups in total. The Bertz CT molecular complexity index is 3080. The van der Waals surface area contributed by atoms with Crippen molar-refractivity contribution in [2.24, 2.45) is 12.5 Å². The van der Waals surface area contributed by atoms with Crippen LogP contribution in [0.15, 0.2) is 78.4 Å². The molecule has 0 spiro atoms. The number of hydrogen-bond acceptors (Lipinski definition) is 11. The molecule has 20 heteroatoms. The van der Waals surface area contributed by atoms with Crippen molar-refractivity contribution in [2.75, 3.05) is 58.1 Å². The molecule has 0 saturated carbocycles. The maximum absolute atomic E-state index is 15.1. The molecule has 0 bridgehead atoms. The molecule has 1 aliphatic carbocycles. The third kappa shape index (κ3) is 9.97. The van der Waals surface area contributed by atoms with Crippen molar-refractivity contribution in [2.45, 2.75) is 104 Å². The Balaban J connectivity index is 0.907. The summed E-state index contributed by atoms with van der Waals surface area (Å²) in [5.74, 6) is -0.774. The summed E-state index contributed by atoms with van der Waals surface area (Å²) in [6.45, 7) is 19.0. The summed E-state index contributed by atoms with van der Waals surface area (Å²) < 4.78 is 30.4. The highest BCUT2D eigenvalue weighted by atomic mass is 31.2. The number of piperidine rings is 1. The lowest BCUT2D eigenvalue weighted by Crippen LogP contribution is -2.58. The Hall–Kier alpha value is -6.21. The number of anilines is 6. The van der Waals surface area contributed by atoms with Crippen LogP contribution in [0.3, 0.4) is 0 Å². The zero-order valence-electron chi connectivity index (χ0n) is 41.9. The van der Waals surface area contributed by atoms with Crippen LogP contribution in [-0.4, -0.2) is 102 Å². The quantitative estimate of drug-likeness (QED) is 0.0556. The standard InChI is InChI=1S/C52H65FN11O7P/c1-9-46(66)56-41-24-34(10-13-43(41)62-19-18-60(28-32(62)3)35-15-17-61(31(2)22-35)36-11-12-40(53)39(25-36)52(6,7)58-72(69,70)71)55-47-50(68)59(8)29-42(57-47)37-14-16-54-48(38(37)30-65)64-21-20-63-44(49(64)67)23-33-26-51(4,5)27-45(33)63/h9-14,16,23-25,29,31-32,35,65H,1,15,17-22,26-28,30H2,2-8H3,(H,55,57)(H,56,66)(H3,58,69,70,71)/t31-,32-,35?/m0/s1. The Morgan fingerprint density at radius 2 is 1.78 bits per heavy atom. The Kier molecular flexibility index (Phi) is 13.6. The first kappa shape index (κ1) is 50.7. The molecule has 2 amide bonds. The van der Waals surface area contributed by atoms with Gasteiger partial charge in [-0.25, -0.2) is 24.0 Å². The second-order valence-corrected chi connectivity index (χ2v) is 22.4. The largest absolute Gasteiger partial charge is 0.401 e. The molecule has 3 atom stereocenters. The number of rotatable bonds is 13. The van der Waals surface area contributed by atoms with Gasteiger partial charge in [0.1, 0.15) is 17.3 Å². The number of pyridine rings is 1. The lowest BCUT2D eigenvalue weighted by molar-refractivity contribution is -0.111. The number of aliphatic hydroxyl groups excluding tert-OH is 1. The topological polar surface area (TPSA) is 214 Å². The number of nitrogens with zero attached hydrogens (tertiary/aromatic N) is 8. The Morgan fingerprint density at radius 3 is 2.49 bits per heavy atom. The number of carbonyl (C=O) groups excluding carboxylic acids is 2. The number of nitrogens with one attached hydrogen (secondary N) is 3. The van der Waals surface area contributed by atoms with Gasteiger partial charge in [-0.3, -0.25) is 24.2 Å². The van der Waals surface area contributed by atoms with E-state index in [9.17, 15) is 33.8 Å². The van der Waals surface area contributed by atoms with Gasteiger partial charge in [0.05, 0.1) is 29.2 Å². The molecular formula is C52H65FN11O7P. The van der Waals surface area contributed by atoms with E-state index in [1.807, 2.05) is 18.2 Å². The Labute approximate surface area is 418 Å². The van der Waals surface area contributed by atoms with Gasteiger partial charge in [0.15, 0.2) is 5.82 Å². The predicted octanol–water partition coefficient (Wildman–Crippen LogP) is 6.41. The van der Waals surface area contributed by atoms with Crippen LogP contribution in [0.5, 0.6) is 0 Å². The third-order valence-corrected chi connectivity index (χ3v) is 15.7. The number of piperazine rings is 1. The number of benzene rings is 2. The summed E-state index contributed by atoms with van der Waals surface area (Å²) in [7, 11) is -3.02. The predicted molar refractivity (Wildman–Crippen MR) is 277 cm³/mol. The van der Waals surface area contributed by atoms with Gasteiger partial charge in [0.25, 0.3) is 11.5 Å². The maximum Gasteiger partial charge on any atom is 0.401 e. The first-order valence-corrected chi connectivity index (χ1v) is 26.1. The number of amides is 2. The molecule has 9 rings (SSSR count). The molecule has 2 saturated heterocycles. The Morgan fingerprint density at radius 1 is 1.00 bits per heavy atom. The van der Waals surface area contributed by atoms with E-state index in [0.29, 0.717) is 65.9 Å². The van der Waals surface area contributed by atoms with Crippen LogP contribution in [0.4, 0.5) is 38.8 Å². The first-order valence-electron chi connectivity index (χ1n) is 24.5. The molecule has 382 valence electrons. The van der Waals surface area contributed by atoms with Crippen molar-refractivity contribution in [3.63, 3.8) is 0 Å². The molecular weight excluding hydrogens is 941 g/mol. The molecule has 1 unspecified atom stereocenters. The monoisotopic (exact) mass is 1010 g/mol. The summed E-state index contributed by atoms with van der Waals surface area (Å²) in [4.78, 5) is 77.9. The van der Waals surface area contributed by atoms with E-state index in [4.69, 9.17) is 4.98 Å². The van der Waals surface area contributed by atoms with E-state index in [-0.39, 0.29) is 40.8 Å². The van der Waals surface area contributed by atoms with Crippen LogP contribution >= 0.6 is 7.75 Å². The van der Waals surface area contributed by atoms with Crippen molar-refractivity contribution >= 4 is 53.9 Å². The number of aryl methyl sites for hydroxylation is 1. The number of aliphatic hydroxyl groups is 1. The number of aromatic nitrogens is 4. The van der Waals surface area contributed by atoms with E-state index >= 15 is 4.39 Å². The number of carbonyl (C=O) groups is 2. The summed E-state index contributed by atoms with van der Waals surface area (Å²) in [5.41, 5.74) is 5.55. The van der Waals surface area contributed by atoms with Crippen LogP contribution in [0.25, 0.3) is 11.3 Å². The SMILES string of the molecule is C=CC(=O)Nc1cc(Nc2nc(-c3ccnc(N4CCn5c(cc6c5CC(C)(C)C6)C4=O)c3CO)cn(C)c2=O)ccc1N1CCN(C2CCN(c3ccc(F)c(C(C)(C)NP(=O)(O)O)c3)[C@@H](C)C2)C[C@@H]1C. The van der Waals surface area contributed by atoms with E-state index in [2.05, 4.69) is 74.2 Å². The lowest BCUT2D eigenvalue weighted by atomic mass is 9.90. The fraction of sp³-hybridized carbons (Fsp3) is 0.442. The van der Waals surface area contributed by atoms with E-state index in [1.54, 1.807) is 62.5 Å². The van der Waals surface area contributed by atoms with Crippen molar-refractivity contribution in [1.82, 2.24) is 29.1 Å². The molecule has 4 aliphatic rings. The smallest absolute Gasteiger partial charge is 0.392 e. The normalized spacial score (nSPS) is 20.3. The molecule has 6 heterocycles. The maximum atomic E-state index is 15.1. The second kappa shape index (κ2) is 19.3. The third-order valence-electron chi connectivity index (χ3n) is 14.8. The minimum Gasteiger partial charge on any atom is -0.392 e. The van der Waals surface area contributed by atoms with Crippen LogP contribution in [0.1, 0.15) is 87.3 Å². The van der Waals surface area contributed by atoms with E-state index < -0.39 is 37.2 Å². The van der Waals surface area contributed by atoms with Gasteiger partial charge in [-0.15, -0.1) is 0 Å².